The van der Waals surface area contributed by atoms with Crippen molar-refractivity contribution in [1.82, 2.24) is 0 Å². The van der Waals surface area contributed by atoms with Gasteiger partial charge >= 0.3 is 11.9 Å². The van der Waals surface area contributed by atoms with Crippen molar-refractivity contribution in [3.05, 3.63) is 82.9 Å². The largest absolute Gasteiger partial charge is 0.472 e. The number of ether oxygens (including phenoxy) is 5. The molecular formula is C40H52O11. The van der Waals surface area contributed by atoms with Crippen LogP contribution in [0.4, 0.5) is 0 Å². The highest BCUT2D eigenvalue weighted by Crippen LogP contribution is 2.48. The van der Waals surface area contributed by atoms with Gasteiger partial charge in [-0.2, -0.15) is 0 Å². The molecule has 0 radical (unpaired) electrons. The van der Waals surface area contributed by atoms with Gasteiger partial charge in [0.15, 0.2) is 5.79 Å². The summed E-state index contributed by atoms with van der Waals surface area (Å²) in [5.41, 5.74) is 1.54. The first kappa shape index (κ1) is 37.4. The van der Waals surface area contributed by atoms with Crippen molar-refractivity contribution in [2.45, 2.75) is 121 Å². The smallest absolute Gasteiger partial charge is 0.316 e. The molecule has 1 aliphatic carbocycles. The van der Waals surface area contributed by atoms with Gasteiger partial charge in [0.1, 0.15) is 42.5 Å². The summed E-state index contributed by atoms with van der Waals surface area (Å²) < 4.78 is 36.1. The number of esters is 2. The number of rotatable bonds is 5. The maximum Gasteiger partial charge on any atom is 0.316 e. The molecule has 11 nitrogen and oxygen atoms in total. The third-order valence-electron chi connectivity index (χ3n) is 11.1. The third kappa shape index (κ3) is 7.75. The number of furan rings is 1. The second kappa shape index (κ2) is 15.3. The van der Waals surface area contributed by atoms with Crippen LogP contribution in [0.3, 0.4) is 0 Å². The standard InChI is InChI=1S/C40H52O11/c1-6-25(4)36-26(5)15-33(41)39(51-36)19-31-18-30(50-39)11-10-24(3)14-23(2)8-7-9-29-22-48-37-35(43)28(17-32(38(44)49-31)40(29,37)45)21-47-34(42)16-27-12-13-46-20-27/h6-10,12-13,17,20,23,26,30-33,35-37,41,43,45H,11,14-16,18-19,21-22H2,1-5H3. The van der Waals surface area contributed by atoms with Crippen molar-refractivity contribution in [3.63, 3.8) is 0 Å². The molecule has 1 spiro atoms. The molecule has 0 aromatic carbocycles. The Morgan fingerprint density at radius 1 is 1.16 bits per heavy atom. The van der Waals surface area contributed by atoms with Gasteiger partial charge in [-0.25, -0.2) is 0 Å². The lowest BCUT2D eigenvalue weighted by Gasteiger charge is -2.52. The van der Waals surface area contributed by atoms with Crippen LogP contribution in [-0.4, -0.2) is 88.5 Å². The molecule has 51 heavy (non-hydrogen) atoms. The normalized spacial score (nSPS) is 39.1. The Bertz CT molecular complexity index is 1590. The first-order chi connectivity index (χ1) is 24.3. The molecule has 5 aliphatic rings. The van der Waals surface area contributed by atoms with Gasteiger partial charge in [0, 0.05) is 18.4 Å². The lowest BCUT2D eigenvalue weighted by Crippen LogP contribution is -2.62. The van der Waals surface area contributed by atoms with Crippen LogP contribution in [0.25, 0.3) is 0 Å². The minimum atomic E-state index is -1.94. The Morgan fingerprint density at radius 2 is 1.96 bits per heavy atom. The maximum atomic E-state index is 14.4. The molecule has 4 aliphatic heterocycles. The molecular weight excluding hydrogens is 656 g/mol. The summed E-state index contributed by atoms with van der Waals surface area (Å²) in [7, 11) is 0. The molecule has 6 rings (SSSR count). The summed E-state index contributed by atoms with van der Waals surface area (Å²) in [6.07, 6.45) is 11.3. The minimum absolute atomic E-state index is 0.0204. The summed E-state index contributed by atoms with van der Waals surface area (Å²) in [4.78, 5) is 27.0. The van der Waals surface area contributed by atoms with E-state index in [4.69, 9.17) is 28.1 Å². The number of carbonyl (C=O) groups is 2. The van der Waals surface area contributed by atoms with Gasteiger partial charge in [-0.15, -0.1) is 0 Å². The van der Waals surface area contributed by atoms with Crippen LogP contribution in [0.15, 0.2) is 81.8 Å². The predicted octanol–water partition coefficient (Wildman–Crippen LogP) is 4.81. The van der Waals surface area contributed by atoms with Gasteiger partial charge in [-0.1, -0.05) is 55.9 Å². The van der Waals surface area contributed by atoms with E-state index in [2.05, 4.69) is 19.9 Å². The fourth-order valence-corrected chi connectivity index (χ4v) is 8.24. The van der Waals surface area contributed by atoms with E-state index in [-0.39, 0.29) is 49.6 Å². The molecule has 5 heterocycles. The molecule has 11 atom stereocenters. The lowest BCUT2D eigenvalue weighted by molar-refractivity contribution is -0.363. The van der Waals surface area contributed by atoms with E-state index in [0.717, 1.165) is 12.0 Å². The highest BCUT2D eigenvalue weighted by Gasteiger charge is 2.61. The Balaban J connectivity index is 1.34. The van der Waals surface area contributed by atoms with E-state index >= 15 is 0 Å². The highest BCUT2D eigenvalue weighted by atomic mass is 16.7. The Kier molecular flexibility index (Phi) is 11.3. The van der Waals surface area contributed by atoms with Crippen molar-refractivity contribution >= 4 is 11.9 Å². The quantitative estimate of drug-likeness (QED) is 0.285. The van der Waals surface area contributed by atoms with Crippen LogP contribution in [0.5, 0.6) is 0 Å². The molecule has 0 amide bonds. The monoisotopic (exact) mass is 708 g/mol. The molecule has 3 N–H and O–H groups in total. The fraction of sp³-hybridized carbons (Fsp3) is 0.600. The fourth-order valence-electron chi connectivity index (χ4n) is 8.24. The molecule has 3 saturated heterocycles. The Morgan fingerprint density at radius 3 is 2.71 bits per heavy atom. The van der Waals surface area contributed by atoms with Crippen molar-refractivity contribution in [2.75, 3.05) is 13.2 Å². The number of carbonyl (C=O) groups excluding carboxylic acids is 2. The number of aliphatic hydroxyl groups excluding tert-OH is 2. The van der Waals surface area contributed by atoms with Crippen LogP contribution in [0.2, 0.25) is 0 Å². The first-order valence-corrected chi connectivity index (χ1v) is 18.1. The first-order valence-electron chi connectivity index (χ1n) is 18.1. The summed E-state index contributed by atoms with van der Waals surface area (Å²) in [6.45, 7) is 9.83. The molecule has 3 fully saturated rings. The molecule has 1 aromatic rings. The zero-order valence-electron chi connectivity index (χ0n) is 30.2. The molecule has 11 heteroatoms. The number of allylic oxidation sites excluding steroid dienone is 5. The van der Waals surface area contributed by atoms with Crippen LogP contribution >= 0.6 is 0 Å². The third-order valence-corrected chi connectivity index (χ3v) is 11.1. The van der Waals surface area contributed by atoms with E-state index in [1.54, 1.807) is 12.1 Å². The van der Waals surface area contributed by atoms with E-state index in [1.165, 1.54) is 24.2 Å². The van der Waals surface area contributed by atoms with Gasteiger partial charge < -0.3 is 43.4 Å². The van der Waals surface area contributed by atoms with Crippen LogP contribution in [0.1, 0.15) is 72.3 Å². The lowest BCUT2D eigenvalue weighted by atomic mass is 9.70. The van der Waals surface area contributed by atoms with Gasteiger partial charge in [0.2, 0.25) is 0 Å². The molecule has 0 saturated carbocycles. The van der Waals surface area contributed by atoms with Crippen LogP contribution < -0.4 is 0 Å². The van der Waals surface area contributed by atoms with Crippen LogP contribution in [0, 0.1) is 17.8 Å². The second-order valence-corrected chi connectivity index (χ2v) is 15.1. The predicted molar refractivity (Wildman–Crippen MR) is 186 cm³/mol. The maximum absolute atomic E-state index is 14.4. The van der Waals surface area contributed by atoms with E-state index in [0.29, 0.717) is 30.4 Å². The molecule has 278 valence electrons. The topological polar surface area (TPSA) is 154 Å². The minimum Gasteiger partial charge on any atom is -0.472 e. The number of hydrogen-bond donors (Lipinski definition) is 3. The number of fused-ring (bicyclic) bond motifs is 2. The zero-order valence-corrected chi connectivity index (χ0v) is 30.2. The second-order valence-electron chi connectivity index (χ2n) is 15.1. The van der Waals surface area contributed by atoms with E-state index in [1.807, 2.05) is 39.0 Å². The summed E-state index contributed by atoms with van der Waals surface area (Å²) in [6, 6.07) is 1.66. The average Bonchev–Trinajstić information content (AvgIpc) is 3.72. The summed E-state index contributed by atoms with van der Waals surface area (Å²) in [5, 5.41) is 35.4. The zero-order chi connectivity index (χ0) is 36.5. The Labute approximate surface area is 299 Å². The van der Waals surface area contributed by atoms with Gasteiger partial charge in [0.05, 0.1) is 37.8 Å². The average molecular weight is 709 g/mol. The van der Waals surface area contributed by atoms with Gasteiger partial charge in [-0.3, -0.25) is 9.59 Å². The SMILES string of the molecule is CC=C(C)C1OC2(CC3CC(CC=C(C)CC(C)C=CC=C4COC5C(O)C(COC(=O)Cc6ccoc6)=CC(C(=O)O3)C45O)O2)C(O)CC1C. The molecule has 1 aromatic heterocycles. The van der Waals surface area contributed by atoms with E-state index < -0.39 is 59.8 Å². The van der Waals surface area contributed by atoms with Crippen LogP contribution in [-0.2, 0) is 39.7 Å². The molecule has 2 bridgehead atoms. The summed E-state index contributed by atoms with van der Waals surface area (Å²) in [5.74, 6) is -3.78. The van der Waals surface area contributed by atoms with Crippen molar-refractivity contribution < 1.29 is 53.0 Å². The highest BCUT2D eigenvalue weighted by molar-refractivity contribution is 5.79. The number of hydrogen-bond acceptors (Lipinski definition) is 11. The number of aliphatic hydroxyl groups is 3. The van der Waals surface area contributed by atoms with E-state index in [9.17, 15) is 24.9 Å². The van der Waals surface area contributed by atoms with Gasteiger partial charge in [0.25, 0.3) is 0 Å². The van der Waals surface area contributed by atoms with Crippen molar-refractivity contribution in [3.8, 4) is 0 Å². The van der Waals surface area contributed by atoms with Gasteiger partial charge in [-0.05, 0) is 74.7 Å². The summed E-state index contributed by atoms with van der Waals surface area (Å²) >= 11 is 0. The van der Waals surface area contributed by atoms with Crippen molar-refractivity contribution in [1.29, 1.82) is 0 Å². The Hall–Kier alpha value is -3.32. The van der Waals surface area contributed by atoms with Crippen molar-refractivity contribution in [2.24, 2.45) is 17.8 Å². The molecule has 11 unspecified atom stereocenters.